The van der Waals surface area contributed by atoms with Gasteiger partial charge < -0.3 is 15.4 Å². The highest BCUT2D eigenvalue weighted by molar-refractivity contribution is 6.02. The molecule has 1 atom stereocenters. The Kier molecular flexibility index (Phi) is 5.53. The van der Waals surface area contributed by atoms with Crippen LogP contribution in [-0.4, -0.2) is 29.5 Å². The maximum atomic E-state index is 12.0. The Bertz CT molecular complexity index is 751. The first-order chi connectivity index (χ1) is 12.2. The third kappa shape index (κ3) is 4.99. The summed E-state index contributed by atoms with van der Waals surface area (Å²) in [5, 5.41) is 5.58. The van der Waals surface area contributed by atoms with Gasteiger partial charge in [0.05, 0.1) is 0 Å². The summed E-state index contributed by atoms with van der Waals surface area (Å²) in [7, 11) is 0. The largest absolute Gasteiger partial charge is 0.368 e. The van der Waals surface area contributed by atoms with E-state index in [9.17, 15) is 9.59 Å². The van der Waals surface area contributed by atoms with Gasteiger partial charge in [-0.05, 0) is 54.8 Å². The summed E-state index contributed by atoms with van der Waals surface area (Å²) < 4.78 is 5.35. The van der Waals surface area contributed by atoms with Crippen LogP contribution in [0.4, 0.5) is 11.4 Å². The number of carbonyl (C=O) groups excluding carboxylic acids is 2. The molecule has 0 bridgehead atoms. The van der Waals surface area contributed by atoms with E-state index in [1.807, 2.05) is 6.07 Å². The minimum absolute atomic E-state index is 0.131. The molecule has 1 aromatic carbocycles. The molecule has 1 unspecified atom stereocenters. The van der Waals surface area contributed by atoms with Crippen molar-refractivity contribution < 1.29 is 14.3 Å². The zero-order chi connectivity index (χ0) is 17.5. The van der Waals surface area contributed by atoms with Gasteiger partial charge in [0.25, 0.3) is 5.91 Å². The number of hydrogen-bond donors (Lipinski definition) is 2. The minimum Gasteiger partial charge on any atom is -0.368 e. The Morgan fingerprint density at radius 1 is 1.12 bits per heavy atom. The van der Waals surface area contributed by atoms with Crippen LogP contribution in [0.5, 0.6) is 0 Å². The summed E-state index contributed by atoms with van der Waals surface area (Å²) in [6, 6.07) is 10.6. The molecule has 0 spiro atoms. The maximum Gasteiger partial charge on any atom is 0.253 e. The van der Waals surface area contributed by atoms with E-state index in [4.69, 9.17) is 4.74 Å². The van der Waals surface area contributed by atoms with Crippen LogP contribution < -0.4 is 10.6 Å². The fourth-order valence-corrected chi connectivity index (χ4v) is 2.47. The smallest absolute Gasteiger partial charge is 0.253 e. The van der Waals surface area contributed by atoms with Crippen LogP contribution in [0.3, 0.4) is 0 Å². The number of amides is 2. The van der Waals surface area contributed by atoms with Gasteiger partial charge in [-0.15, -0.1) is 0 Å². The molecule has 2 heterocycles. The topological polar surface area (TPSA) is 80.3 Å². The third-order valence-electron chi connectivity index (χ3n) is 3.75. The average Bonchev–Trinajstić information content (AvgIpc) is 3.17. The molecule has 2 amide bonds. The Morgan fingerprint density at radius 3 is 2.52 bits per heavy atom. The van der Waals surface area contributed by atoms with E-state index in [1.165, 1.54) is 6.08 Å². The molecule has 1 aliphatic heterocycles. The number of rotatable bonds is 5. The fourth-order valence-electron chi connectivity index (χ4n) is 2.47. The van der Waals surface area contributed by atoms with Crippen LogP contribution in [0.15, 0.2) is 54.9 Å². The normalized spacial score (nSPS) is 16.7. The van der Waals surface area contributed by atoms with Gasteiger partial charge in [0.15, 0.2) is 0 Å². The van der Waals surface area contributed by atoms with Gasteiger partial charge in [-0.3, -0.25) is 14.6 Å². The maximum absolute atomic E-state index is 12.0. The van der Waals surface area contributed by atoms with E-state index in [0.717, 1.165) is 18.4 Å². The standard InChI is InChI=1S/C19H19N3O3/c23-18(10-5-14-3-1-11-20-13-14)21-15-6-8-16(9-7-15)22-19(24)17-4-2-12-25-17/h1,3,5-11,13,17H,2,4,12H2,(H,21,23)(H,22,24)/b10-5+. The van der Waals surface area contributed by atoms with Crippen LogP contribution in [0.2, 0.25) is 0 Å². The van der Waals surface area contributed by atoms with Crippen molar-refractivity contribution in [3.05, 3.63) is 60.4 Å². The lowest BCUT2D eigenvalue weighted by Gasteiger charge is -2.11. The molecule has 6 nitrogen and oxygen atoms in total. The first-order valence-corrected chi connectivity index (χ1v) is 8.12. The van der Waals surface area contributed by atoms with E-state index >= 15 is 0 Å². The molecule has 6 heteroatoms. The third-order valence-corrected chi connectivity index (χ3v) is 3.75. The zero-order valence-electron chi connectivity index (χ0n) is 13.6. The van der Waals surface area contributed by atoms with Gasteiger partial charge in [-0.2, -0.15) is 0 Å². The number of benzene rings is 1. The van der Waals surface area contributed by atoms with E-state index in [-0.39, 0.29) is 17.9 Å². The van der Waals surface area contributed by atoms with Crippen molar-refractivity contribution in [3.8, 4) is 0 Å². The number of pyridine rings is 1. The molecule has 1 fully saturated rings. The summed E-state index contributed by atoms with van der Waals surface area (Å²) in [5.41, 5.74) is 2.17. The second-order valence-electron chi connectivity index (χ2n) is 5.68. The van der Waals surface area contributed by atoms with Crippen LogP contribution >= 0.6 is 0 Å². The van der Waals surface area contributed by atoms with Crippen molar-refractivity contribution in [2.75, 3.05) is 17.2 Å². The van der Waals surface area contributed by atoms with Crippen molar-refractivity contribution in [2.24, 2.45) is 0 Å². The molecule has 0 aliphatic carbocycles. The Balaban J connectivity index is 1.52. The molecule has 25 heavy (non-hydrogen) atoms. The van der Waals surface area contributed by atoms with Crippen LogP contribution in [-0.2, 0) is 14.3 Å². The van der Waals surface area contributed by atoms with E-state index in [1.54, 1.807) is 48.8 Å². The van der Waals surface area contributed by atoms with Gasteiger partial charge in [0.1, 0.15) is 6.10 Å². The van der Waals surface area contributed by atoms with E-state index in [2.05, 4.69) is 15.6 Å². The molecule has 2 N–H and O–H groups in total. The van der Waals surface area contributed by atoms with E-state index in [0.29, 0.717) is 18.0 Å². The highest BCUT2D eigenvalue weighted by atomic mass is 16.5. The SMILES string of the molecule is O=C(/C=C/c1cccnc1)Nc1ccc(NC(=O)C2CCCO2)cc1. The zero-order valence-corrected chi connectivity index (χ0v) is 13.6. The number of nitrogens with zero attached hydrogens (tertiary/aromatic N) is 1. The first kappa shape index (κ1) is 16.9. The molecule has 1 aliphatic rings. The van der Waals surface area contributed by atoms with Gasteiger partial charge in [0, 0.05) is 36.5 Å². The van der Waals surface area contributed by atoms with Gasteiger partial charge in [-0.25, -0.2) is 0 Å². The summed E-state index contributed by atoms with van der Waals surface area (Å²) in [6.07, 6.45) is 7.80. The van der Waals surface area contributed by atoms with Crippen LogP contribution in [0.1, 0.15) is 18.4 Å². The lowest BCUT2D eigenvalue weighted by molar-refractivity contribution is -0.124. The van der Waals surface area contributed by atoms with Crippen LogP contribution in [0.25, 0.3) is 6.08 Å². The van der Waals surface area contributed by atoms with Crippen molar-refractivity contribution in [1.29, 1.82) is 0 Å². The molecule has 1 saturated heterocycles. The fraction of sp³-hybridized carbons (Fsp3) is 0.211. The molecule has 2 aromatic rings. The lowest BCUT2D eigenvalue weighted by Crippen LogP contribution is -2.26. The van der Waals surface area contributed by atoms with Gasteiger partial charge >= 0.3 is 0 Å². The van der Waals surface area contributed by atoms with E-state index < -0.39 is 0 Å². The lowest BCUT2D eigenvalue weighted by atomic mass is 10.2. The monoisotopic (exact) mass is 337 g/mol. The summed E-state index contributed by atoms with van der Waals surface area (Å²) >= 11 is 0. The van der Waals surface area contributed by atoms with Crippen molar-refractivity contribution >= 4 is 29.3 Å². The molecule has 0 radical (unpaired) electrons. The highest BCUT2D eigenvalue weighted by Gasteiger charge is 2.23. The molecule has 1 aromatic heterocycles. The highest BCUT2D eigenvalue weighted by Crippen LogP contribution is 2.17. The summed E-state index contributed by atoms with van der Waals surface area (Å²) in [4.78, 5) is 27.9. The van der Waals surface area contributed by atoms with Crippen molar-refractivity contribution in [1.82, 2.24) is 4.98 Å². The number of nitrogens with one attached hydrogen (secondary N) is 2. The quantitative estimate of drug-likeness (QED) is 0.822. The summed E-state index contributed by atoms with van der Waals surface area (Å²) in [6.45, 7) is 0.635. The number of aromatic nitrogens is 1. The second-order valence-corrected chi connectivity index (χ2v) is 5.68. The molecule has 128 valence electrons. The predicted molar refractivity (Wildman–Crippen MR) is 95.9 cm³/mol. The Hall–Kier alpha value is -2.99. The molecular weight excluding hydrogens is 318 g/mol. The summed E-state index contributed by atoms with van der Waals surface area (Å²) in [5.74, 6) is -0.367. The number of hydrogen-bond acceptors (Lipinski definition) is 4. The number of anilines is 2. The van der Waals surface area contributed by atoms with Crippen molar-refractivity contribution in [3.63, 3.8) is 0 Å². The molecular formula is C19H19N3O3. The second kappa shape index (κ2) is 8.21. The minimum atomic E-state index is -0.364. The Labute approximate surface area is 145 Å². The Morgan fingerprint density at radius 2 is 1.88 bits per heavy atom. The average molecular weight is 337 g/mol. The van der Waals surface area contributed by atoms with Gasteiger partial charge in [-0.1, -0.05) is 6.07 Å². The molecule has 0 saturated carbocycles. The van der Waals surface area contributed by atoms with Crippen LogP contribution in [0, 0.1) is 0 Å². The number of carbonyl (C=O) groups is 2. The first-order valence-electron chi connectivity index (χ1n) is 8.12. The molecule has 3 rings (SSSR count). The van der Waals surface area contributed by atoms with Gasteiger partial charge in [0.2, 0.25) is 5.91 Å². The number of ether oxygens (including phenoxy) is 1. The van der Waals surface area contributed by atoms with Crippen molar-refractivity contribution in [2.45, 2.75) is 18.9 Å². The predicted octanol–water partition coefficient (Wildman–Crippen LogP) is 2.85.